The number of fused-ring (bicyclic) bond motifs is 1. The SMILES string of the molecule is CCc1nn(Cc2ccc(OC)cc2)c2ccc(N)cc12. The lowest BCUT2D eigenvalue weighted by Crippen LogP contribution is -2.02. The number of anilines is 1. The molecule has 0 aliphatic heterocycles. The Morgan fingerprint density at radius 2 is 1.90 bits per heavy atom. The second-order valence-electron chi connectivity index (χ2n) is 5.08. The lowest BCUT2D eigenvalue weighted by atomic mass is 10.1. The number of aryl methyl sites for hydroxylation is 1. The van der Waals surface area contributed by atoms with Crippen LogP contribution in [0.5, 0.6) is 5.75 Å². The van der Waals surface area contributed by atoms with E-state index in [1.165, 1.54) is 5.56 Å². The van der Waals surface area contributed by atoms with Gasteiger partial charge < -0.3 is 10.5 Å². The molecule has 0 unspecified atom stereocenters. The Labute approximate surface area is 124 Å². The fourth-order valence-corrected chi connectivity index (χ4v) is 2.55. The first-order valence-electron chi connectivity index (χ1n) is 7.09. The van der Waals surface area contributed by atoms with Gasteiger partial charge in [0.25, 0.3) is 0 Å². The van der Waals surface area contributed by atoms with E-state index in [0.29, 0.717) is 0 Å². The van der Waals surface area contributed by atoms with Crippen LogP contribution in [0.2, 0.25) is 0 Å². The number of methoxy groups -OCH3 is 1. The lowest BCUT2D eigenvalue weighted by Gasteiger charge is -2.05. The highest BCUT2D eigenvalue weighted by molar-refractivity contribution is 5.85. The summed E-state index contributed by atoms with van der Waals surface area (Å²) in [5.74, 6) is 0.867. The van der Waals surface area contributed by atoms with E-state index in [2.05, 4.69) is 19.1 Å². The second kappa shape index (κ2) is 5.48. The molecule has 0 atom stereocenters. The Morgan fingerprint density at radius 3 is 2.57 bits per heavy atom. The number of nitrogens with zero attached hydrogens (tertiary/aromatic N) is 2. The van der Waals surface area contributed by atoms with Gasteiger partial charge in [0.15, 0.2) is 0 Å². The van der Waals surface area contributed by atoms with Crippen molar-refractivity contribution in [2.45, 2.75) is 19.9 Å². The highest BCUT2D eigenvalue weighted by atomic mass is 16.5. The molecular formula is C17H19N3O. The number of hydrogen-bond donors (Lipinski definition) is 1. The summed E-state index contributed by atoms with van der Waals surface area (Å²) in [6.45, 7) is 2.85. The third kappa shape index (κ3) is 2.57. The molecule has 0 fully saturated rings. The van der Waals surface area contributed by atoms with Gasteiger partial charge in [-0.1, -0.05) is 19.1 Å². The molecular weight excluding hydrogens is 262 g/mol. The Bertz CT molecular complexity index is 760. The molecule has 0 bridgehead atoms. The maximum atomic E-state index is 5.89. The molecule has 0 spiro atoms. The molecule has 1 heterocycles. The standard InChI is InChI=1S/C17H19N3O/c1-3-16-15-10-13(18)6-9-17(15)20(19-16)11-12-4-7-14(21-2)8-5-12/h4-10H,3,11,18H2,1-2H3. The van der Waals surface area contributed by atoms with Gasteiger partial charge in [0.05, 0.1) is 24.9 Å². The van der Waals surface area contributed by atoms with Crippen LogP contribution in [0.25, 0.3) is 10.9 Å². The van der Waals surface area contributed by atoms with Crippen LogP contribution in [-0.4, -0.2) is 16.9 Å². The third-order valence-corrected chi connectivity index (χ3v) is 3.68. The largest absolute Gasteiger partial charge is 0.497 e. The molecule has 1 aromatic heterocycles. The quantitative estimate of drug-likeness (QED) is 0.747. The zero-order chi connectivity index (χ0) is 14.8. The van der Waals surface area contributed by atoms with E-state index >= 15 is 0 Å². The molecule has 108 valence electrons. The molecule has 3 rings (SSSR count). The third-order valence-electron chi connectivity index (χ3n) is 3.68. The van der Waals surface area contributed by atoms with E-state index in [0.717, 1.165) is 41.0 Å². The molecule has 0 aliphatic rings. The smallest absolute Gasteiger partial charge is 0.118 e. The van der Waals surface area contributed by atoms with Crippen LogP contribution in [0.1, 0.15) is 18.2 Å². The van der Waals surface area contributed by atoms with Crippen LogP contribution in [-0.2, 0) is 13.0 Å². The summed E-state index contributed by atoms with van der Waals surface area (Å²) in [4.78, 5) is 0. The number of rotatable bonds is 4. The van der Waals surface area contributed by atoms with Crippen molar-refractivity contribution in [2.24, 2.45) is 0 Å². The molecule has 3 aromatic rings. The van der Waals surface area contributed by atoms with Crippen LogP contribution < -0.4 is 10.5 Å². The van der Waals surface area contributed by atoms with E-state index in [1.807, 2.05) is 35.0 Å². The average Bonchev–Trinajstić information content (AvgIpc) is 2.85. The summed E-state index contributed by atoms with van der Waals surface area (Å²) in [6, 6.07) is 14.0. The van der Waals surface area contributed by atoms with E-state index in [-0.39, 0.29) is 0 Å². The summed E-state index contributed by atoms with van der Waals surface area (Å²) in [5, 5.41) is 5.86. The minimum atomic E-state index is 0.740. The summed E-state index contributed by atoms with van der Waals surface area (Å²) < 4.78 is 7.23. The zero-order valence-corrected chi connectivity index (χ0v) is 12.3. The number of benzene rings is 2. The van der Waals surface area contributed by atoms with Gasteiger partial charge in [0.2, 0.25) is 0 Å². The summed E-state index contributed by atoms with van der Waals surface area (Å²) >= 11 is 0. The van der Waals surface area contributed by atoms with Crippen LogP contribution in [0.4, 0.5) is 5.69 Å². The second-order valence-corrected chi connectivity index (χ2v) is 5.08. The van der Waals surface area contributed by atoms with Gasteiger partial charge in [-0.05, 0) is 42.3 Å². The van der Waals surface area contributed by atoms with Crippen molar-refractivity contribution in [1.82, 2.24) is 9.78 Å². The monoisotopic (exact) mass is 281 g/mol. The molecule has 4 nitrogen and oxygen atoms in total. The Balaban J connectivity index is 1.99. The summed E-state index contributed by atoms with van der Waals surface area (Å²) in [7, 11) is 1.67. The van der Waals surface area contributed by atoms with Crippen molar-refractivity contribution < 1.29 is 4.74 Å². The van der Waals surface area contributed by atoms with Crippen LogP contribution in [0.3, 0.4) is 0 Å². The topological polar surface area (TPSA) is 53.1 Å². The number of nitrogens with two attached hydrogens (primary N) is 1. The molecule has 0 saturated heterocycles. The highest BCUT2D eigenvalue weighted by Gasteiger charge is 2.09. The van der Waals surface area contributed by atoms with E-state index < -0.39 is 0 Å². The highest BCUT2D eigenvalue weighted by Crippen LogP contribution is 2.23. The van der Waals surface area contributed by atoms with Gasteiger partial charge in [0.1, 0.15) is 5.75 Å². The number of nitrogen functional groups attached to an aromatic ring is 1. The van der Waals surface area contributed by atoms with Gasteiger partial charge in [-0.15, -0.1) is 0 Å². The van der Waals surface area contributed by atoms with Gasteiger partial charge in [0, 0.05) is 11.1 Å². The first-order chi connectivity index (χ1) is 10.2. The predicted molar refractivity (Wildman–Crippen MR) is 85.6 cm³/mol. The number of aromatic nitrogens is 2. The van der Waals surface area contributed by atoms with Gasteiger partial charge in [-0.3, -0.25) is 4.68 Å². The van der Waals surface area contributed by atoms with Gasteiger partial charge in [-0.2, -0.15) is 5.10 Å². The van der Waals surface area contributed by atoms with Crippen molar-refractivity contribution in [3.8, 4) is 5.75 Å². The molecule has 21 heavy (non-hydrogen) atoms. The average molecular weight is 281 g/mol. The predicted octanol–water partition coefficient (Wildman–Crippen LogP) is 3.24. The van der Waals surface area contributed by atoms with Crippen molar-refractivity contribution in [2.75, 3.05) is 12.8 Å². The Hall–Kier alpha value is -2.49. The molecule has 0 saturated carbocycles. The minimum Gasteiger partial charge on any atom is -0.497 e. The normalized spacial score (nSPS) is 11.0. The van der Waals surface area contributed by atoms with Gasteiger partial charge in [-0.25, -0.2) is 0 Å². The fourth-order valence-electron chi connectivity index (χ4n) is 2.55. The zero-order valence-electron chi connectivity index (χ0n) is 12.3. The fraction of sp³-hybridized carbons (Fsp3) is 0.235. The minimum absolute atomic E-state index is 0.740. The van der Waals surface area contributed by atoms with E-state index in [4.69, 9.17) is 15.6 Å². The molecule has 2 aromatic carbocycles. The van der Waals surface area contributed by atoms with Crippen LogP contribution in [0, 0.1) is 0 Å². The van der Waals surface area contributed by atoms with E-state index in [9.17, 15) is 0 Å². The first kappa shape index (κ1) is 13.5. The molecule has 0 aliphatic carbocycles. The number of ether oxygens (including phenoxy) is 1. The van der Waals surface area contributed by atoms with Crippen molar-refractivity contribution >= 4 is 16.6 Å². The summed E-state index contributed by atoms with van der Waals surface area (Å²) in [6.07, 6.45) is 0.898. The van der Waals surface area contributed by atoms with Crippen molar-refractivity contribution in [1.29, 1.82) is 0 Å². The Kier molecular flexibility index (Phi) is 3.52. The maximum Gasteiger partial charge on any atom is 0.118 e. The van der Waals surface area contributed by atoms with Gasteiger partial charge >= 0.3 is 0 Å². The molecule has 0 radical (unpaired) electrons. The van der Waals surface area contributed by atoms with E-state index in [1.54, 1.807) is 7.11 Å². The maximum absolute atomic E-state index is 5.89. The summed E-state index contributed by atoms with van der Waals surface area (Å²) in [5.41, 5.74) is 10.1. The lowest BCUT2D eigenvalue weighted by molar-refractivity contribution is 0.414. The number of hydrogen-bond acceptors (Lipinski definition) is 3. The van der Waals surface area contributed by atoms with Crippen LogP contribution >= 0.6 is 0 Å². The molecule has 2 N–H and O–H groups in total. The van der Waals surface area contributed by atoms with Crippen molar-refractivity contribution in [3.63, 3.8) is 0 Å². The van der Waals surface area contributed by atoms with Crippen LogP contribution in [0.15, 0.2) is 42.5 Å². The Morgan fingerprint density at radius 1 is 1.14 bits per heavy atom. The molecule has 4 heteroatoms. The first-order valence-corrected chi connectivity index (χ1v) is 7.09. The molecule has 0 amide bonds. The van der Waals surface area contributed by atoms with Crippen molar-refractivity contribution in [3.05, 3.63) is 53.7 Å².